The number of aliphatic hydroxyl groups excluding tert-OH is 3. The molecule has 0 saturated carbocycles. The number of fused-ring (bicyclic) bond motifs is 1. The van der Waals surface area contributed by atoms with Crippen molar-refractivity contribution >= 4 is 32.9 Å². The minimum atomic E-state index is -1.20. The van der Waals surface area contributed by atoms with Crippen LogP contribution in [0, 0.1) is 0 Å². The van der Waals surface area contributed by atoms with Crippen molar-refractivity contribution in [2.45, 2.75) is 36.4 Å². The van der Waals surface area contributed by atoms with Gasteiger partial charge in [-0.05, 0) is 11.1 Å². The van der Waals surface area contributed by atoms with Crippen molar-refractivity contribution < 1.29 is 20.1 Å². The number of halogens is 1. The van der Waals surface area contributed by atoms with E-state index < -0.39 is 31.1 Å². The number of benzene rings is 1. The molecule has 3 aromatic rings. The molecule has 1 aliphatic rings. The molecule has 0 unspecified atom stereocenters. The molecule has 4 N–H and O–H groups in total. The highest BCUT2D eigenvalue weighted by molar-refractivity contribution is 9.08. The lowest BCUT2D eigenvalue weighted by molar-refractivity contribution is -0.0511. The lowest BCUT2D eigenvalue weighted by atomic mass is 10.1. The Hall–Kier alpha value is -2.11. The third-order valence-electron chi connectivity index (χ3n) is 4.79. The molecule has 0 amide bonds. The molecule has 148 valence electrons. The summed E-state index contributed by atoms with van der Waals surface area (Å²) in [5.41, 5.74) is 3.28. The van der Waals surface area contributed by atoms with Gasteiger partial charge in [-0.25, -0.2) is 15.0 Å². The number of hydrogen-bond acceptors (Lipinski definition) is 8. The maximum absolute atomic E-state index is 10.3. The van der Waals surface area contributed by atoms with Gasteiger partial charge in [0.2, 0.25) is 0 Å². The van der Waals surface area contributed by atoms with Crippen LogP contribution in [0.4, 0.5) is 5.82 Å². The second-order valence-corrected chi connectivity index (χ2v) is 7.14. The Bertz CT molecular complexity index is 951. The van der Waals surface area contributed by atoms with Crippen LogP contribution < -0.4 is 5.32 Å². The molecular formula is C18H20BrN5O4. The van der Waals surface area contributed by atoms with Gasteiger partial charge in [0, 0.05) is 11.9 Å². The normalized spacial score (nSPS) is 24.7. The van der Waals surface area contributed by atoms with Crippen molar-refractivity contribution in [3.8, 4) is 0 Å². The Labute approximate surface area is 169 Å². The van der Waals surface area contributed by atoms with Gasteiger partial charge in [0.05, 0.1) is 12.9 Å². The van der Waals surface area contributed by atoms with Crippen molar-refractivity contribution in [2.24, 2.45) is 0 Å². The Morgan fingerprint density at radius 3 is 2.50 bits per heavy atom. The van der Waals surface area contributed by atoms with Crippen LogP contribution >= 0.6 is 15.9 Å². The van der Waals surface area contributed by atoms with E-state index in [9.17, 15) is 15.3 Å². The largest absolute Gasteiger partial charge is 0.394 e. The van der Waals surface area contributed by atoms with E-state index in [0.717, 1.165) is 10.9 Å². The fraction of sp³-hybridized carbons (Fsp3) is 0.389. The number of aliphatic hydroxyl groups is 3. The molecular weight excluding hydrogens is 430 g/mol. The average molecular weight is 450 g/mol. The number of rotatable bonds is 6. The van der Waals surface area contributed by atoms with Gasteiger partial charge in [0.25, 0.3) is 0 Å². The smallest absolute Gasteiger partial charge is 0.167 e. The number of nitrogens with zero attached hydrogens (tertiary/aromatic N) is 4. The van der Waals surface area contributed by atoms with E-state index >= 15 is 0 Å². The first-order valence-corrected chi connectivity index (χ1v) is 9.92. The molecule has 1 aromatic carbocycles. The second-order valence-electron chi connectivity index (χ2n) is 6.58. The number of nitrogens with one attached hydrogen (secondary N) is 1. The van der Waals surface area contributed by atoms with Gasteiger partial charge in [-0.3, -0.25) is 4.57 Å². The molecule has 0 spiro atoms. The van der Waals surface area contributed by atoms with Crippen LogP contribution in [0.25, 0.3) is 11.2 Å². The first kappa shape index (κ1) is 19.2. The van der Waals surface area contributed by atoms with Crippen LogP contribution in [0.2, 0.25) is 0 Å². The fourth-order valence-electron chi connectivity index (χ4n) is 3.21. The molecule has 10 heteroatoms. The van der Waals surface area contributed by atoms with Crippen LogP contribution in [0.1, 0.15) is 17.4 Å². The standard InChI is InChI=1S/C18H20BrN5O4/c19-5-10-1-3-11(4-2-10)6-20-16-13-17(22-8-21-16)24(9-23-13)18-15(27)14(26)12(7-25)28-18/h1-4,8-9,12,14-15,18,25-27H,5-7H2,(H,20,21,22)/t12-,14-,15-,18-/m1/s1. The van der Waals surface area contributed by atoms with E-state index in [0.29, 0.717) is 23.5 Å². The van der Waals surface area contributed by atoms with Crippen molar-refractivity contribution in [1.29, 1.82) is 0 Å². The summed E-state index contributed by atoms with van der Waals surface area (Å²) in [6.45, 7) is 0.173. The molecule has 2 aromatic heterocycles. The molecule has 3 heterocycles. The molecule has 28 heavy (non-hydrogen) atoms. The van der Waals surface area contributed by atoms with E-state index in [1.54, 1.807) is 0 Å². The maximum Gasteiger partial charge on any atom is 0.167 e. The number of imidazole rings is 1. The summed E-state index contributed by atoms with van der Waals surface area (Å²) in [5.74, 6) is 0.556. The summed E-state index contributed by atoms with van der Waals surface area (Å²) in [6, 6.07) is 8.19. The Morgan fingerprint density at radius 1 is 1.07 bits per heavy atom. The highest BCUT2D eigenvalue weighted by Gasteiger charge is 2.44. The number of ether oxygens (including phenoxy) is 1. The van der Waals surface area contributed by atoms with Gasteiger partial charge >= 0.3 is 0 Å². The Morgan fingerprint density at radius 2 is 1.82 bits per heavy atom. The van der Waals surface area contributed by atoms with Crippen LogP contribution in [0.5, 0.6) is 0 Å². The minimum Gasteiger partial charge on any atom is -0.394 e. The zero-order chi connectivity index (χ0) is 19.7. The number of alkyl halides is 1. The second kappa shape index (κ2) is 8.10. The van der Waals surface area contributed by atoms with Crippen molar-refractivity contribution in [1.82, 2.24) is 19.5 Å². The SMILES string of the molecule is OC[C@H]1O[C@@H](n2cnc3c(NCc4ccc(CBr)cc4)ncnc32)[C@H](O)[C@@H]1O. The molecule has 1 saturated heterocycles. The zero-order valence-electron chi connectivity index (χ0n) is 14.8. The van der Waals surface area contributed by atoms with E-state index in [4.69, 9.17) is 4.74 Å². The van der Waals surface area contributed by atoms with Crippen molar-refractivity contribution in [3.63, 3.8) is 0 Å². The monoisotopic (exact) mass is 449 g/mol. The van der Waals surface area contributed by atoms with E-state index in [1.807, 2.05) is 12.1 Å². The topological polar surface area (TPSA) is 126 Å². The van der Waals surface area contributed by atoms with Gasteiger partial charge in [0.1, 0.15) is 24.6 Å². The quantitative estimate of drug-likeness (QED) is 0.409. The summed E-state index contributed by atoms with van der Waals surface area (Å²) in [6.07, 6.45) is -1.26. The minimum absolute atomic E-state index is 0.392. The van der Waals surface area contributed by atoms with Gasteiger partial charge in [-0.1, -0.05) is 40.2 Å². The average Bonchev–Trinajstić information content (AvgIpc) is 3.28. The summed E-state index contributed by atoms with van der Waals surface area (Å²) < 4.78 is 7.11. The van der Waals surface area contributed by atoms with E-state index in [-0.39, 0.29) is 0 Å². The van der Waals surface area contributed by atoms with Crippen LogP contribution in [0.15, 0.2) is 36.9 Å². The fourth-order valence-corrected chi connectivity index (χ4v) is 3.58. The maximum atomic E-state index is 10.3. The lowest BCUT2D eigenvalue weighted by Crippen LogP contribution is -2.33. The third kappa shape index (κ3) is 3.49. The molecule has 4 atom stereocenters. The van der Waals surface area contributed by atoms with Gasteiger partial charge < -0.3 is 25.4 Å². The van der Waals surface area contributed by atoms with Crippen LogP contribution in [-0.2, 0) is 16.6 Å². The van der Waals surface area contributed by atoms with Gasteiger partial charge in [0.15, 0.2) is 23.2 Å². The van der Waals surface area contributed by atoms with E-state index in [2.05, 4.69) is 48.3 Å². The zero-order valence-corrected chi connectivity index (χ0v) is 16.4. The van der Waals surface area contributed by atoms with Crippen molar-refractivity contribution in [2.75, 3.05) is 11.9 Å². The predicted octanol–water partition coefficient (Wildman–Crippen LogP) is 0.945. The summed E-state index contributed by atoms with van der Waals surface area (Å²) in [4.78, 5) is 12.9. The molecule has 9 nitrogen and oxygen atoms in total. The molecule has 0 radical (unpaired) electrons. The molecule has 1 aliphatic heterocycles. The van der Waals surface area contributed by atoms with Gasteiger partial charge in [-0.2, -0.15) is 0 Å². The third-order valence-corrected chi connectivity index (χ3v) is 5.43. The number of hydrogen-bond donors (Lipinski definition) is 4. The number of aromatic nitrogens is 4. The summed E-state index contributed by atoms with van der Waals surface area (Å²) >= 11 is 3.43. The summed E-state index contributed by atoms with van der Waals surface area (Å²) in [7, 11) is 0. The van der Waals surface area contributed by atoms with E-state index in [1.165, 1.54) is 22.8 Å². The van der Waals surface area contributed by atoms with Crippen LogP contribution in [-0.4, -0.2) is 59.8 Å². The highest BCUT2D eigenvalue weighted by atomic mass is 79.9. The molecule has 4 rings (SSSR count). The predicted molar refractivity (Wildman–Crippen MR) is 105 cm³/mol. The first-order valence-electron chi connectivity index (χ1n) is 8.80. The van der Waals surface area contributed by atoms with Gasteiger partial charge in [-0.15, -0.1) is 0 Å². The Kier molecular flexibility index (Phi) is 5.56. The molecule has 0 bridgehead atoms. The molecule has 0 aliphatic carbocycles. The number of anilines is 1. The lowest BCUT2D eigenvalue weighted by Gasteiger charge is -2.16. The highest BCUT2D eigenvalue weighted by Crippen LogP contribution is 2.32. The van der Waals surface area contributed by atoms with Crippen LogP contribution in [0.3, 0.4) is 0 Å². The Balaban J connectivity index is 1.56. The van der Waals surface area contributed by atoms with Crippen molar-refractivity contribution in [3.05, 3.63) is 48.0 Å². The molecule has 1 fully saturated rings. The first-order chi connectivity index (χ1) is 13.6. The summed E-state index contributed by atoms with van der Waals surface area (Å²) in [5, 5.41) is 33.6.